The van der Waals surface area contributed by atoms with Gasteiger partial charge >= 0.3 is 0 Å². The highest BCUT2D eigenvalue weighted by Crippen LogP contribution is 2.34. The lowest BCUT2D eigenvalue weighted by molar-refractivity contribution is 0.452. The van der Waals surface area contributed by atoms with Crippen molar-refractivity contribution in [2.75, 3.05) is 0 Å². The highest BCUT2D eigenvalue weighted by Gasteiger charge is 2.19. The summed E-state index contributed by atoms with van der Waals surface area (Å²) in [4.78, 5) is 0. The van der Waals surface area contributed by atoms with Crippen molar-refractivity contribution in [3.63, 3.8) is 0 Å². The summed E-state index contributed by atoms with van der Waals surface area (Å²) < 4.78 is 55.4. The van der Waals surface area contributed by atoms with Crippen molar-refractivity contribution in [1.82, 2.24) is 0 Å². The smallest absolute Gasteiger partial charge is 0.166 e. The molecule has 1 aliphatic rings. The van der Waals surface area contributed by atoms with Crippen LogP contribution in [0.15, 0.2) is 60.7 Å². The third kappa shape index (κ3) is 4.04. The van der Waals surface area contributed by atoms with Gasteiger partial charge in [-0.1, -0.05) is 54.6 Å². The molecular formula is C26H22F4. The normalized spacial score (nSPS) is 16.4. The lowest BCUT2D eigenvalue weighted by Gasteiger charge is -2.22. The molecule has 0 spiro atoms. The van der Waals surface area contributed by atoms with Crippen LogP contribution in [0.4, 0.5) is 17.6 Å². The zero-order valence-electron chi connectivity index (χ0n) is 16.7. The second kappa shape index (κ2) is 8.47. The molecule has 0 radical (unpaired) electrons. The Morgan fingerprint density at radius 3 is 2.23 bits per heavy atom. The Balaban J connectivity index is 1.47. The van der Waals surface area contributed by atoms with Gasteiger partial charge in [0.2, 0.25) is 0 Å². The van der Waals surface area contributed by atoms with Crippen LogP contribution in [0, 0.1) is 36.1 Å². The molecule has 0 saturated heterocycles. The minimum Gasteiger partial charge on any atom is -0.204 e. The van der Waals surface area contributed by atoms with Gasteiger partial charge in [-0.2, -0.15) is 0 Å². The minimum atomic E-state index is -0.827. The van der Waals surface area contributed by atoms with Crippen LogP contribution in [0.1, 0.15) is 36.0 Å². The van der Waals surface area contributed by atoms with E-state index < -0.39 is 23.3 Å². The molecule has 0 aliphatic heterocycles. The van der Waals surface area contributed by atoms with E-state index in [2.05, 4.69) is 6.08 Å². The number of halogens is 4. The molecule has 0 saturated carbocycles. The van der Waals surface area contributed by atoms with Gasteiger partial charge in [0.15, 0.2) is 23.3 Å². The standard InChI is InChI=1S/C26H22F4/c1-16-5-14-22(26(30)24(16)28)20-12-10-19(11-13-20)18-8-6-17(7-9-18)15-21-3-2-4-23(27)25(21)29/h2-5,8,10-14,17H,6-7,9,15H2,1H3. The van der Waals surface area contributed by atoms with E-state index in [0.717, 1.165) is 30.9 Å². The molecule has 30 heavy (non-hydrogen) atoms. The molecule has 0 fully saturated rings. The average molecular weight is 410 g/mol. The monoisotopic (exact) mass is 410 g/mol. The third-order valence-corrected chi connectivity index (χ3v) is 5.90. The number of allylic oxidation sites excluding steroid dienone is 2. The Bertz CT molecular complexity index is 1100. The Morgan fingerprint density at radius 1 is 0.800 bits per heavy atom. The molecule has 0 heterocycles. The zero-order valence-corrected chi connectivity index (χ0v) is 16.7. The van der Waals surface area contributed by atoms with Crippen LogP contribution >= 0.6 is 0 Å². The van der Waals surface area contributed by atoms with Crippen LogP contribution in [0.5, 0.6) is 0 Å². The van der Waals surface area contributed by atoms with Crippen molar-refractivity contribution in [1.29, 1.82) is 0 Å². The second-order valence-electron chi connectivity index (χ2n) is 7.92. The zero-order chi connectivity index (χ0) is 21.3. The SMILES string of the molecule is Cc1ccc(-c2ccc(C3=CCC(Cc4cccc(F)c4F)CC3)cc2)c(F)c1F. The van der Waals surface area contributed by atoms with Gasteiger partial charge in [-0.3, -0.25) is 0 Å². The van der Waals surface area contributed by atoms with Crippen molar-refractivity contribution < 1.29 is 17.6 Å². The average Bonchev–Trinajstić information content (AvgIpc) is 2.76. The van der Waals surface area contributed by atoms with Crippen LogP contribution < -0.4 is 0 Å². The summed E-state index contributed by atoms with van der Waals surface area (Å²) in [7, 11) is 0. The first kappa shape index (κ1) is 20.4. The fraction of sp³-hybridized carbons (Fsp3) is 0.231. The molecule has 1 atom stereocenters. The van der Waals surface area contributed by atoms with E-state index in [4.69, 9.17) is 0 Å². The van der Waals surface area contributed by atoms with Crippen LogP contribution in [0.3, 0.4) is 0 Å². The van der Waals surface area contributed by atoms with Crippen molar-refractivity contribution in [3.8, 4) is 11.1 Å². The Hall–Kier alpha value is -2.88. The van der Waals surface area contributed by atoms with Crippen LogP contribution in [-0.2, 0) is 6.42 Å². The molecule has 154 valence electrons. The molecule has 1 aliphatic carbocycles. The van der Waals surface area contributed by atoms with E-state index in [1.54, 1.807) is 36.4 Å². The van der Waals surface area contributed by atoms with Gasteiger partial charge in [-0.05, 0) is 72.4 Å². The maximum Gasteiger partial charge on any atom is 0.166 e. The highest BCUT2D eigenvalue weighted by atomic mass is 19.2. The largest absolute Gasteiger partial charge is 0.204 e. The number of benzene rings is 3. The molecule has 4 rings (SSSR count). The van der Waals surface area contributed by atoms with Crippen LogP contribution in [-0.4, -0.2) is 0 Å². The van der Waals surface area contributed by atoms with Gasteiger partial charge < -0.3 is 0 Å². The summed E-state index contributed by atoms with van der Waals surface area (Å²) in [6.45, 7) is 1.54. The van der Waals surface area contributed by atoms with Gasteiger partial charge in [0.05, 0.1) is 0 Å². The van der Waals surface area contributed by atoms with Crippen LogP contribution in [0.25, 0.3) is 16.7 Å². The number of aryl methyl sites for hydroxylation is 1. The molecule has 0 bridgehead atoms. The van der Waals surface area contributed by atoms with E-state index in [9.17, 15) is 17.6 Å². The molecule has 4 heteroatoms. The topological polar surface area (TPSA) is 0 Å². The predicted octanol–water partition coefficient (Wildman–Crippen LogP) is 7.64. The predicted molar refractivity (Wildman–Crippen MR) is 112 cm³/mol. The molecule has 0 aromatic heterocycles. The molecule has 0 N–H and O–H groups in total. The van der Waals surface area contributed by atoms with E-state index in [-0.39, 0.29) is 17.0 Å². The van der Waals surface area contributed by atoms with Gasteiger partial charge in [-0.25, -0.2) is 17.6 Å². The van der Waals surface area contributed by atoms with Crippen LogP contribution in [0.2, 0.25) is 0 Å². The van der Waals surface area contributed by atoms with Gasteiger partial charge in [-0.15, -0.1) is 0 Å². The van der Waals surface area contributed by atoms with Gasteiger partial charge in [0.25, 0.3) is 0 Å². The molecule has 1 unspecified atom stereocenters. The quantitative estimate of drug-likeness (QED) is 0.388. The van der Waals surface area contributed by atoms with E-state index in [0.29, 0.717) is 17.5 Å². The minimum absolute atomic E-state index is 0.249. The van der Waals surface area contributed by atoms with Gasteiger partial charge in [0.1, 0.15) is 0 Å². The Morgan fingerprint density at radius 2 is 1.53 bits per heavy atom. The van der Waals surface area contributed by atoms with Crippen molar-refractivity contribution >= 4 is 5.57 Å². The molecule has 3 aromatic carbocycles. The fourth-order valence-corrected chi connectivity index (χ4v) is 4.09. The lowest BCUT2D eigenvalue weighted by atomic mass is 9.83. The second-order valence-corrected chi connectivity index (χ2v) is 7.92. The van der Waals surface area contributed by atoms with Crippen molar-refractivity contribution in [2.45, 2.75) is 32.6 Å². The molecule has 0 amide bonds. The fourth-order valence-electron chi connectivity index (χ4n) is 4.09. The molecule has 0 nitrogen and oxygen atoms in total. The highest BCUT2D eigenvalue weighted by molar-refractivity contribution is 5.71. The summed E-state index contributed by atoms with van der Waals surface area (Å²) in [5, 5.41) is 0. The lowest BCUT2D eigenvalue weighted by Crippen LogP contribution is -2.10. The summed E-state index contributed by atoms with van der Waals surface area (Å²) >= 11 is 0. The Labute approximate surface area is 173 Å². The summed E-state index contributed by atoms with van der Waals surface area (Å²) in [5.74, 6) is -2.92. The Kier molecular flexibility index (Phi) is 5.76. The number of hydrogen-bond donors (Lipinski definition) is 0. The maximum absolute atomic E-state index is 14.2. The summed E-state index contributed by atoms with van der Waals surface area (Å²) in [6, 6.07) is 14.9. The van der Waals surface area contributed by atoms with E-state index in [1.165, 1.54) is 12.5 Å². The van der Waals surface area contributed by atoms with E-state index in [1.807, 2.05) is 12.1 Å². The van der Waals surface area contributed by atoms with Gasteiger partial charge in [0, 0.05) is 5.56 Å². The van der Waals surface area contributed by atoms with Crippen molar-refractivity contribution in [3.05, 3.63) is 101 Å². The number of rotatable bonds is 4. The third-order valence-electron chi connectivity index (χ3n) is 5.90. The molecule has 3 aromatic rings. The number of hydrogen-bond acceptors (Lipinski definition) is 0. The summed E-state index contributed by atoms with van der Waals surface area (Å²) in [6.07, 6.45) is 5.19. The maximum atomic E-state index is 14.2. The first-order chi connectivity index (χ1) is 14.4. The van der Waals surface area contributed by atoms with E-state index >= 15 is 0 Å². The summed E-state index contributed by atoms with van der Waals surface area (Å²) in [5.41, 5.74) is 3.82. The van der Waals surface area contributed by atoms with Crippen molar-refractivity contribution in [2.24, 2.45) is 5.92 Å². The first-order valence-electron chi connectivity index (χ1n) is 10.1. The molecular weight excluding hydrogens is 388 g/mol. The first-order valence-corrected chi connectivity index (χ1v) is 10.1.